The van der Waals surface area contributed by atoms with Gasteiger partial charge >= 0.3 is 0 Å². The van der Waals surface area contributed by atoms with Crippen LogP contribution in [0.2, 0.25) is 0 Å². The standard InChI is InChI=1S/C13H19F2NO/c1-9(2)3-13(17)8-16-7-10-4-11(14)6-12(15)5-10/h4-6,9,13,16-17H,3,7-8H2,1-2H3. The molecule has 1 aromatic rings. The molecule has 0 radical (unpaired) electrons. The molecule has 0 saturated carbocycles. The van der Waals surface area contributed by atoms with E-state index in [1.165, 1.54) is 12.1 Å². The number of rotatable bonds is 6. The minimum absolute atomic E-state index is 0.351. The second-order valence-electron chi connectivity index (χ2n) is 4.69. The fourth-order valence-electron chi connectivity index (χ4n) is 1.72. The van der Waals surface area contributed by atoms with Gasteiger partial charge in [0.25, 0.3) is 0 Å². The van der Waals surface area contributed by atoms with Gasteiger partial charge in [-0.05, 0) is 30.0 Å². The van der Waals surface area contributed by atoms with Crippen molar-refractivity contribution in [3.05, 3.63) is 35.4 Å². The van der Waals surface area contributed by atoms with Crippen LogP contribution in [0, 0.1) is 17.6 Å². The highest BCUT2D eigenvalue weighted by Gasteiger charge is 2.06. The van der Waals surface area contributed by atoms with Crippen LogP contribution in [0.1, 0.15) is 25.8 Å². The van der Waals surface area contributed by atoms with Crippen molar-refractivity contribution >= 4 is 0 Å². The van der Waals surface area contributed by atoms with Crippen LogP contribution in [-0.2, 0) is 6.54 Å². The fraction of sp³-hybridized carbons (Fsp3) is 0.538. The van der Waals surface area contributed by atoms with Crippen LogP contribution in [0.25, 0.3) is 0 Å². The van der Waals surface area contributed by atoms with Gasteiger partial charge in [0.05, 0.1) is 6.10 Å². The van der Waals surface area contributed by atoms with Crippen LogP contribution in [0.4, 0.5) is 8.78 Å². The van der Waals surface area contributed by atoms with E-state index in [2.05, 4.69) is 5.32 Å². The maximum Gasteiger partial charge on any atom is 0.126 e. The molecular weight excluding hydrogens is 224 g/mol. The zero-order valence-electron chi connectivity index (χ0n) is 10.2. The average molecular weight is 243 g/mol. The smallest absolute Gasteiger partial charge is 0.126 e. The lowest BCUT2D eigenvalue weighted by atomic mass is 10.1. The lowest BCUT2D eigenvalue weighted by Crippen LogP contribution is -2.27. The molecule has 0 saturated heterocycles. The van der Waals surface area contributed by atoms with Crippen molar-refractivity contribution in [1.82, 2.24) is 5.32 Å². The van der Waals surface area contributed by atoms with E-state index in [-0.39, 0.29) is 0 Å². The van der Waals surface area contributed by atoms with E-state index in [4.69, 9.17) is 0 Å². The van der Waals surface area contributed by atoms with Crippen molar-refractivity contribution < 1.29 is 13.9 Å². The fourth-order valence-corrected chi connectivity index (χ4v) is 1.72. The topological polar surface area (TPSA) is 32.3 Å². The Labute approximate surface area is 101 Å². The van der Waals surface area contributed by atoms with E-state index < -0.39 is 17.7 Å². The third-order valence-corrected chi connectivity index (χ3v) is 2.37. The lowest BCUT2D eigenvalue weighted by Gasteiger charge is -2.13. The molecule has 1 aromatic carbocycles. The SMILES string of the molecule is CC(C)CC(O)CNCc1cc(F)cc(F)c1. The number of halogens is 2. The molecular formula is C13H19F2NO. The molecule has 0 aliphatic rings. The van der Waals surface area contributed by atoms with E-state index >= 15 is 0 Å². The lowest BCUT2D eigenvalue weighted by molar-refractivity contribution is 0.146. The van der Waals surface area contributed by atoms with E-state index in [0.717, 1.165) is 6.07 Å². The zero-order valence-corrected chi connectivity index (χ0v) is 10.2. The molecule has 0 bridgehead atoms. The highest BCUT2D eigenvalue weighted by atomic mass is 19.1. The largest absolute Gasteiger partial charge is 0.392 e. The Bertz CT molecular complexity index is 335. The summed E-state index contributed by atoms with van der Waals surface area (Å²) in [6.07, 6.45) is 0.290. The van der Waals surface area contributed by atoms with Gasteiger partial charge in [0.15, 0.2) is 0 Å². The van der Waals surface area contributed by atoms with Crippen LogP contribution in [-0.4, -0.2) is 17.8 Å². The van der Waals surface area contributed by atoms with Crippen LogP contribution < -0.4 is 5.32 Å². The number of aliphatic hydroxyl groups excluding tert-OH is 1. The highest BCUT2D eigenvalue weighted by molar-refractivity contribution is 5.17. The van der Waals surface area contributed by atoms with E-state index in [0.29, 0.717) is 31.0 Å². The highest BCUT2D eigenvalue weighted by Crippen LogP contribution is 2.08. The van der Waals surface area contributed by atoms with Gasteiger partial charge in [0, 0.05) is 19.2 Å². The summed E-state index contributed by atoms with van der Waals surface area (Å²) < 4.78 is 25.7. The maximum absolute atomic E-state index is 12.9. The van der Waals surface area contributed by atoms with Crippen LogP contribution in [0.5, 0.6) is 0 Å². The molecule has 96 valence electrons. The summed E-state index contributed by atoms with van der Waals surface area (Å²) in [5, 5.41) is 12.6. The third kappa shape index (κ3) is 5.75. The molecule has 0 heterocycles. The van der Waals surface area contributed by atoms with Crippen molar-refractivity contribution in [1.29, 1.82) is 0 Å². The Kier molecular flexibility index (Phi) is 5.51. The molecule has 1 rings (SSSR count). The van der Waals surface area contributed by atoms with E-state index in [9.17, 15) is 13.9 Å². The minimum Gasteiger partial charge on any atom is -0.392 e. The average Bonchev–Trinajstić information content (AvgIpc) is 2.14. The van der Waals surface area contributed by atoms with Crippen molar-refractivity contribution in [2.45, 2.75) is 32.9 Å². The van der Waals surface area contributed by atoms with Gasteiger partial charge in [-0.25, -0.2) is 8.78 Å². The minimum atomic E-state index is -0.579. The van der Waals surface area contributed by atoms with Gasteiger partial charge in [0.2, 0.25) is 0 Å². The number of hydrogen-bond acceptors (Lipinski definition) is 2. The zero-order chi connectivity index (χ0) is 12.8. The van der Waals surface area contributed by atoms with Crippen molar-refractivity contribution in [3.8, 4) is 0 Å². The summed E-state index contributed by atoms with van der Waals surface area (Å²) in [4.78, 5) is 0. The first-order chi connectivity index (χ1) is 7.97. The predicted octanol–water partition coefficient (Wildman–Crippen LogP) is 2.46. The van der Waals surface area contributed by atoms with Crippen LogP contribution in [0.15, 0.2) is 18.2 Å². The Morgan fingerprint density at radius 2 is 1.76 bits per heavy atom. The third-order valence-electron chi connectivity index (χ3n) is 2.37. The quantitative estimate of drug-likeness (QED) is 0.804. The molecule has 2 N–H and O–H groups in total. The molecule has 0 fully saturated rings. The molecule has 17 heavy (non-hydrogen) atoms. The Hall–Kier alpha value is -1.00. The molecule has 1 atom stereocenters. The summed E-state index contributed by atoms with van der Waals surface area (Å²) in [6.45, 7) is 4.84. The maximum atomic E-state index is 12.9. The van der Waals surface area contributed by atoms with Crippen LogP contribution >= 0.6 is 0 Å². The van der Waals surface area contributed by atoms with Gasteiger partial charge in [-0.3, -0.25) is 0 Å². The summed E-state index contributed by atoms with van der Waals surface area (Å²) in [5.74, 6) is -0.729. The van der Waals surface area contributed by atoms with E-state index in [1.54, 1.807) is 0 Å². The van der Waals surface area contributed by atoms with Crippen molar-refractivity contribution in [2.75, 3.05) is 6.54 Å². The predicted molar refractivity (Wildman–Crippen MR) is 63.5 cm³/mol. The summed E-state index contributed by atoms with van der Waals surface area (Å²) >= 11 is 0. The van der Waals surface area contributed by atoms with Crippen LogP contribution in [0.3, 0.4) is 0 Å². The Balaban J connectivity index is 2.35. The molecule has 0 amide bonds. The van der Waals surface area contributed by atoms with Gasteiger partial charge < -0.3 is 10.4 Å². The number of benzene rings is 1. The molecule has 0 spiro atoms. The number of nitrogens with one attached hydrogen (secondary N) is 1. The van der Waals surface area contributed by atoms with Gasteiger partial charge in [-0.1, -0.05) is 13.8 Å². The van der Waals surface area contributed by atoms with Gasteiger partial charge in [-0.15, -0.1) is 0 Å². The Morgan fingerprint density at radius 3 is 2.29 bits per heavy atom. The molecule has 1 unspecified atom stereocenters. The second-order valence-corrected chi connectivity index (χ2v) is 4.69. The molecule has 4 heteroatoms. The monoisotopic (exact) mass is 243 g/mol. The summed E-state index contributed by atoms with van der Waals surface area (Å²) in [6, 6.07) is 3.41. The first-order valence-electron chi connectivity index (χ1n) is 5.81. The molecule has 0 aromatic heterocycles. The normalized spacial score (nSPS) is 13.1. The number of aliphatic hydroxyl groups is 1. The molecule has 0 aliphatic carbocycles. The van der Waals surface area contributed by atoms with Crippen molar-refractivity contribution in [3.63, 3.8) is 0 Å². The first kappa shape index (κ1) is 14.1. The van der Waals surface area contributed by atoms with Gasteiger partial charge in [-0.2, -0.15) is 0 Å². The first-order valence-corrected chi connectivity index (χ1v) is 5.81. The van der Waals surface area contributed by atoms with E-state index in [1.807, 2.05) is 13.8 Å². The molecule has 0 aliphatic heterocycles. The van der Waals surface area contributed by atoms with Gasteiger partial charge in [0.1, 0.15) is 11.6 Å². The van der Waals surface area contributed by atoms with Crippen molar-refractivity contribution in [2.24, 2.45) is 5.92 Å². The number of hydrogen-bond donors (Lipinski definition) is 2. The summed E-state index contributed by atoms with van der Waals surface area (Å²) in [5.41, 5.74) is 0.541. The molecule has 2 nitrogen and oxygen atoms in total. The Morgan fingerprint density at radius 1 is 1.18 bits per heavy atom. The second kappa shape index (κ2) is 6.67. The summed E-state index contributed by atoms with van der Waals surface area (Å²) in [7, 11) is 0.